The van der Waals surface area contributed by atoms with E-state index >= 15 is 0 Å². The van der Waals surface area contributed by atoms with E-state index in [1.807, 2.05) is 0 Å². The number of phenolic OH excluding ortho intramolecular Hbond substituents is 3. The Morgan fingerprint density at radius 3 is 0.756 bits per heavy atom. The van der Waals surface area contributed by atoms with Crippen molar-refractivity contribution in [3.63, 3.8) is 0 Å². The molecule has 41 heavy (non-hydrogen) atoms. The third-order valence-corrected chi connectivity index (χ3v) is 5.60. The first-order valence-electron chi connectivity index (χ1n) is 11.2. The molecule has 5 nitrogen and oxygen atoms in total. The van der Waals surface area contributed by atoms with Gasteiger partial charge in [-0.15, -0.1) is 36.8 Å². The van der Waals surface area contributed by atoms with Crippen LogP contribution in [0.4, 0.5) is 0 Å². The van der Waals surface area contributed by atoms with Crippen LogP contribution in [0, 0.1) is 0 Å². The summed E-state index contributed by atoms with van der Waals surface area (Å²) in [5.41, 5.74) is 0. The minimum absolute atomic E-state index is 0. The molecule has 0 saturated heterocycles. The third-order valence-electron chi connectivity index (χ3n) is 4.18. The van der Waals surface area contributed by atoms with Crippen LogP contribution >= 0.6 is 25.3 Å². The molecule has 0 aliphatic carbocycles. The molecule has 0 saturated carbocycles. The van der Waals surface area contributed by atoms with E-state index in [0.717, 1.165) is 14.7 Å². The van der Waals surface area contributed by atoms with Gasteiger partial charge in [-0.3, -0.25) is 0 Å². The van der Waals surface area contributed by atoms with Gasteiger partial charge in [0.1, 0.15) is 17.2 Å². The first kappa shape index (κ1) is 38.2. The van der Waals surface area contributed by atoms with Gasteiger partial charge in [-0.25, -0.2) is 0 Å². The molecule has 0 bridgehead atoms. The second-order valence-electron chi connectivity index (χ2n) is 7.47. The summed E-state index contributed by atoms with van der Waals surface area (Å²) in [5, 5.41) is 46.9. The van der Waals surface area contributed by atoms with Gasteiger partial charge in [0.2, 0.25) is 0 Å². The summed E-state index contributed by atoms with van der Waals surface area (Å²) in [4.78, 5) is 3.91. The Labute approximate surface area is 283 Å². The zero-order valence-corrected chi connectivity index (χ0v) is 28.7. The van der Waals surface area contributed by atoms with Crippen LogP contribution in [-0.4, -0.2) is 15.3 Å². The molecule has 0 spiro atoms. The first-order valence-corrected chi connectivity index (χ1v) is 13.4. The van der Waals surface area contributed by atoms with Crippen LogP contribution in [0.3, 0.4) is 0 Å². The molecule has 0 amide bonds. The molecular formula is C30H25O5S5Ta. The Kier molecular flexibility index (Phi) is 20.4. The van der Waals surface area contributed by atoms with Crippen LogP contribution in [0.25, 0.3) is 0 Å². The third kappa shape index (κ3) is 20.7. The van der Waals surface area contributed by atoms with Crippen molar-refractivity contribution in [1.29, 1.82) is 0 Å². The second-order valence-corrected chi connectivity index (χ2v) is 9.92. The van der Waals surface area contributed by atoms with Gasteiger partial charge in [0, 0.05) is 9.79 Å². The first-order chi connectivity index (χ1) is 18.9. The molecule has 5 rings (SSSR count). The molecule has 0 atom stereocenters. The molecular weight excluding hydrogens is 782 g/mol. The van der Waals surface area contributed by atoms with E-state index in [9.17, 15) is 10.2 Å². The average Bonchev–Trinajstić information content (AvgIpc) is 2.94. The molecule has 0 aliphatic heterocycles. The smallest absolute Gasteiger partial charge is 0.872 e. The Bertz CT molecular complexity index is 996. The minimum Gasteiger partial charge on any atom is -0.872 e. The predicted molar refractivity (Wildman–Crippen MR) is 167 cm³/mol. The van der Waals surface area contributed by atoms with Crippen LogP contribution in [0.15, 0.2) is 146 Å². The van der Waals surface area contributed by atoms with Gasteiger partial charge in [-0.1, -0.05) is 60.7 Å². The normalized spacial score (nSPS) is 8.83. The van der Waals surface area contributed by atoms with E-state index in [2.05, 4.69) is 25.3 Å². The van der Waals surface area contributed by atoms with E-state index in [4.69, 9.17) is 53.2 Å². The summed E-state index contributed by atoms with van der Waals surface area (Å²) in [6.07, 6.45) is 0. The van der Waals surface area contributed by atoms with E-state index in [0.29, 0.717) is 9.79 Å². The number of aromatic hydroxyl groups is 3. The van der Waals surface area contributed by atoms with Crippen LogP contribution in [-0.2, 0) is 60.3 Å². The van der Waals surface area contributed by atoms with Gasteiger partial charge in [-0.2, -0.15) is 14.7 Å². The van der Waals surface area contributed by atoms with Crippen LogP contribution in [0.5, 0.6) is 28.7 Å². The summed E-state index contributed by atoms with van der Waals surface area (Å²) in [5.74, 6) is 0.849. The summed E-state index contributed by atoms with van der Waals surface area (Å²) in [6.45, 7) is 0. The van der Waals surface area contributed by atoms with Gasteiger partial charge in [0.25, 0.3) is 0 Å². The van der Waals surface area contributed by atoms with Crippen LogP contribution < -0.4 is 10.2 Å². The van der Waals surface area contributed by atoms with Gasteiger partial charge >= 0.3 is 22.4 Å². The summed E-state index contributed by atoms with van der Waals surface area (Å²) >= 11 is 22.3. The number of thiol groups is 2. The van der Waals surface area contributed by atoms with E-state index in [-0.39, 0.29) is 51.1 Å². The standard InChI is InChI=1S/5C6H6OS.Ta/c5*7-5-1-3-6(8)4-2-5;/h5*1-4,7-8H;/q;;;;;+5/p-5. The molecule has 5 aromatic carbocycles. The van der Waals surface area contributed by atoms with Gasteiger partial charge in [-0.05, 0) is 60.7 Å². The zero-order valence-electron chi connectivity index (χ0n) is 21.3. The molecule has 0 aliphatic rings. The fourth-order valence-corrected chi connectivity index (χ4v) is 2.94. The predicted octanol–water partition coefficient (Wildman–Crippen LogP) is 5.99. The van der Waals surface area contributed by atoms with Crippen molar-refractivity contribution in [2.75, 3.05) is 0 Å². The van der Waals surface area contributed by atoms with Crippen LogP contribution in [0.1, 0.15) is 0 Å². The van der Waals surface area contributed by atoms with Gasteiger partial charge in [0.15, 0.2) is 0 Å². The van der Waals surface area contributed by atoms with Crippen molar-refractivity contribution in [3.8, 4) is 28.7 Å². The Balaban J connectivity index is 0.000000485. The molecule has 11 heteroatoms. The summed E-state index contributed by atoms with van der Waals surface area (Å²) in [6, 6.07) is 32.2. The number of rotatable bonds is 0. The van der Waals surface area contributed by atoms with Gasteiger partial charge in [0.05, 0.1) is 0 Å². The van der Waals surface area contributed by atoms with Crippen molar-refractivity contribution in [1.82, 2.24) is 0 Å². The largest absolute Gasteiger partial charge is 5.00 e. The van der Waals surface area contributed by atoms with Crippen molar-refractivity contribution in [3.05, 3.63) is 121 Å². The Hall–Kier alpha value is -2.80. The van der Waals surface area contributed by atoms with Crippen molar-refractivity contribution < 1.29 is 47.9 Å². The molecule has 3 N–H and O–H groups in total. The summed E-state index contributed by atoms with van der Waals surface area (Å²) in [7, 11) is 0. The molecule has 0 radical (unpaired) electrons. The second kappa shape index (κ2) is 21.9. The van der Waals surface area contributed by atoms with E-state index in [1.165, 1.54) is 24.3 Å². The average molecular weight is 807 g/mol. The number of benzene rings is 5. The van der Waals surface area contributed by atoms with E-state index in [1.54, 1.807) is 97.1 Å². The summed E-state index contributed by atoms with van der Waals surface area (Å²) < 4.78 is 0. The topological polar surface area (TPSA) is 107 Å². The van der Waals surface area contributed by atoms with Crippen molar-refractivity contribution in [2.45, 2.75) is 24.5 Å². The maximum atomic E-state index is 10.4. The minimum atomic E-state index is 0. The number of phenols is 3. The fraction of sp³-hybridized carbons (Fsp3) is 0. The molecule has 210 valence electrons. The maximum Gasteiger partial charge on any atom is 5.00 e. The van der Waals surface area contributed by atoms with Crippen LogP contribution in [0.2, 0.25) is 0 Å². The Morgan fingerprint density at radius 1 is 0.390 bits per heavy atom. The van der Waals surface area contributed by atoms with Crippen molar-refractivity contribution in [2.24, 2.45) is 0 Å². The number of hydrogen-bond acceptors (Lipinski definition) is 10. The molecule has 0 aromatic heterocycles. The quantitative estimate of drug-likeness (QED) is 0.0962. The van der Waals surface area contributed by atoms with Gasteiger partial charge < -0.3 is 63.4 Å². The van der Waals surface area contributed by atoms with E-state index < -0.39 is 0 Å². The fourth-order valence-electron chi connectivity index (χ4n) is 2.23. The monoisotopic (exact) mass is 806 g/mol. The SMILES string of the molecule is Oc1ccc(S)cc1.Oc1ccc(S)cc1.Oc1ccc([S-])cc1.[O-]c1ccc([S-])cc1.[O-]c1ccc([S-])cc1.[Ta+5]. The molecule has 5 aromatic rings. The molecule has 0 fully saturated rings. The molecule has 0 unspecified atom stereocenters. The maximum absolute atomic E-state index is 10.4. The zero-order chi connectivity index (χ0) is 29.9. The molecule has 0 heterocycles. The van der Waals surface area contributed by atoms with Crippen molar-refractivity contribution >= 4 is 63.1 Å². The Morgan fingerprint density at radius 2 is 0.585 bits per heavy atom. The number of hydrogen-bond donors (Lipinski definition) is 5.